The molecule has 0 radical (unpaired) electrons. The predicted octanol–water partition coefficient (Wildman–Crippen LogP) is 4.22. The minimum Gasteiger partial charge on any atom is -0.493 e. The van der Waals surface area contributed by atoms with E-state index in [0.29, 0.717) is 28.0 Å². The fraction of sp³-hybridized carbons (Fsp3) is 0.133. The molecule has 0 unspecified atom stereocenters. The Labute approximate surface area is 119 Å². The van der Waals surface area contributed by atoms with Crippen molar-refractivity contribution in [2.45, 2.75) is 6.92 Å². The van der Waals surface area contributed by atoms with Gasteiger partial charge in [0.15, 0.2) is 5.78 Å². The molecule has 0 atom stereocenters. The maximum Gasteiger partial charge on any atom is 0.193 e. The van der Waals surface area contributed by atoms with Crippen molar-refractivity contribution in [1.82, 2.24) is 0 Å². The summed E-state index contributed by atoms with van der Waals surface area (Å²) in [7, 11) is 0. The normalized spacial score (nSPS) is 10.3. The van der Waals surface area contributed by atoms with Crippen molar-refractivity contribution in [3.63, 3.8) is 0 Å². The average molecular weight is 323 g/mol. The molecule has 0 bridgehead atoms. The summed E-state index contributed by atoms with van der Waals surface area (Å²) >= 11 is 3.35. The van der Waals surface area contributed by atoms with Gasteiger partial charge in [0.1, 0.15) is 11.6 Å². The minimum atomic E-state index is -0.421. The molecule has 2 rings (SSSR count). The van der Waals surface area contributed by atoms with Crippen molar-refractivity contribution in [2.24, 2.45) is 0 Å². The summed E-state index contributed by atoms with van der Waals surface area (Å²) in [5.74, 6) is 0.0393. The van der Waals surface area contributed by atoms with E-state index in [1.54, 1.807) is 24.3 Å². The van der Waals surface area contributed by atoms with Crippen LogP contribution >= 0.6 is 15.9 Å². The lowest BCUT2D eigenvalue weighted by molar-refractivity contribution is 0.103. The third kappa shape index (κ3) is 3.20. The first-order chi connectivity index (χ1) is 9.11. The lowest BCUT2D eigenvalue weighted by Crippen LogP contribution is -2.02. The Hall–Kier alpha value is -1.68. The van der Waals surface area contributed by atoms with Gasteiger partial charge in [-0.15, -0.1) is 0 Å². The van der Waals surface area contributed by atoms with Crippen LogP contribution in [-0.2, 0) is 0 Å². The molecule has 2 aromatic carbocycles. The summed E-state index contributed by atoms with van der Waals surface area (Å²) in [4.78, 5) is 12.2. The van der Waals surface area contributed by atoms with E-state index >= 15 is 0 Å². The molecule has 0 N–H and O–H groups in total. The van der Waals surface area contributed by atoms with Crippen LogP contribution in [0.25, 0.3) is 0 Å². The first kappa shape index (κ1) is 13.7. The van der Waals surface area contributed by atoms with Crippen molar-refractivity contribution in [2.75, 3.05) is 6.61 Å². The number of carbonyl (C=O) groups is 1. The molecular formula is C15H12BrFO2. The van der Waals surface area contributed by atoms with Gasteiger partial charge in [0.05, 0.1) is 11.1 Å². The summed E-state index contributed by atoms with van der Waals surface area (Å²) in [6.07, 6.45) is 0. The van der Waals surface area contributed by atoms with Crippen molar-refractivity contribution in [3.05, 3.63) is 63.9 Å². The molecule has 4 heteroatoms. The molecule has 0 heterocycles. The maximum atomic E-state index is 13.1. The number of benzene rings is 2. The highest BCUT2D eigenvalue weighted by Crippen LogP contribution is 2.27. The van der Waals surface area contributed by atoms with Crippen LogP contribution in [0.1, 0.15) is 22.8 Å². The largest absolute Gasteiger partial charge is 0.493 e. The number of halogens is 2. The summed E-state index contributed by atoms with van der Waals surface area (Å²) in [6.45, 7) is 2.44. The van der Waals surface area contributed by atoms with Crippen LogP contribution in [0.4, 0.5) is 4.39 Å². The van der Waals surface area contributed by atoms with Gasteiger partial charge < -0.3 is 4.74 Å². The Morgan fingerprint density at radius 3 is 2.58 bits per heavy atom. The predicted molar refractivity (Wildman–Crippen MR) is 75.1 cm³/mol. The third-order valence-corrected chi connectivity index (χ3v) is 3.20. The quantitative estimate of drug-likeness (QED) is 0.788. The molecule has 0 aliphatic carbocycles. The minimum absolute atomic E-state index is 0.219. The average Bonchev–Trinajstić information content (AvgIpc) is 2.40. The van der Waals surface area contributed by atoms with E-state index in [9.17, 15) is 9.18 Å². The van der Waals surface area contributed by atoms with Crippen molar-refractivity contribution >= 4 is 21.7 Å². The molecular weight excluding hydrogens is 311 g/mol. The summed E-state index contributed by atoms with van der Waals surface area (Å²) in [5.41, 5.74) is 0.817. The molecule has 0 saturated heterocycles. The first-order valence-electron chi connectivity index (χ1n) is 5.84. The van der Waals surface area contributed by atoms with E-state index in [0.717, 1.165) is 0 Å². The van der Waals surface area contributed by atoms with Crippen molar-refractivity contribution in [3.8, 4) is 5.75 Å². The second-order valence-electron chi connectivity index (χ2n) is 3.92. The SMILES string of the molecule is CCOc1ccc(C(=O)c2cccc(F)c2)cc1Br. The van der Waals surface area contributed by atoms with Gasteiger partial charge >= 0.3 is 0 Å². The highest BCUT2D eigenvalue weighted by molar-refractivity contribution is 9.10. The van der Waals surface area contributed by atoms with Crippen molar-refractivity contribution in [1.29, 1.82) is 0 Å². The zero-order chi connectivity index (χ0) is 13.8. The van der Waals surface area contributed by atoms with E-state index in [2.05, 4.69) is 15.9 Å². The summed E-state index contributed by atoms with van der Waals surface area (Å²) in [6, 6.07) is 10.7. The Balaban J connectivity index is 2.32. The Morgan fingerprint density at radius 1 is 1.21 bits per heavy atom. The van der Waals surface area contributed by atoms with Gasteiger partial charge in [0, 0.05) is 11.1 Å². The topological polar surface area (TPSA) is 26.3 Å². The third-order valence-electron chi connectivity index (χ3n) is 2.58. The van der Waals surface area contributed by atoms with E-state index in [-0.39, 0.29) is 5.78 Å². The van der Waals surface area contributed by atoms with Crippen LogP contribution in [0, 0.1) is 5.82 Å². The monoisotopic (exact) mass is 322 g/mol. The number of rotatable bonds is 4. The standard InChI is InChI=1S/C15H12BrFO2/c1-2-19-14-7-6-11(9-13(14)16)15(18)10-4-3-5-12(17)8-10/h3-9H,2H2,1H3. The van der Waals surface area contributed by atoms with Crippen LogP contribution < -0.4 is 4.74 Å². The van der Waals surface area contributed by atoms with E-state index < -0.39 is 5.82 Å². The molecule has 0 aliphatic rings. The number of hydrogen-bond acceptors (Lipinski definition) is 2. The van der Waals surface area contributed by atoms with Gasteiger partial charge in [0.2, 0.25) is 0 Å². The smallest absolute Gasteiger partial charge is 0.193 e. The molecule has 0 saturated carbocycles. The van der Waals surface area contributed by atoms with Crippen LogP contribution in [0.2, 0.25) is 0 Å². The number of carbonyl (C=O) groups excluding carboxylic acids is 1. The maximum absolute atomic E-state index is 13.1. The number of ketones is 1. The highest BCUT2D eigenvalue weighted by Gasteiger charge is 2.12. The lowest BCUT2D eigenvalue weighted by Gasteiger charge is -2.07. The zero-order valence-electron chi connectivity index (χ0n) is 10.3. The lowest BCUT2D eigenvalue weighted by atomic mass is 10.0. The molecule has 0 aromatic heterocycles. The summed E-state index contributed by atoms with van der Waals surface area (Å²) in [5, 5.41) is 0. The molecule has 19 heavy (non-hydrogen) atoms. The fourth-order valence-electron chi connectivity index (χ4n) is 1.71. The van der Waals surface area contributed by atoms with Crippen LogP contribution in [0.3, 0.4) is 0 Å². The molecule has 2 nitrogen and oxygen atoms in total. The second kappa shape index (κ2) is 5.97. The molecule has 0 amide bonds. The first-order valence-corrected chi connectivity index (χ1v) is 6.63. The van der Waals surface area contributed by atoms with Gasteiger partial charge in [0.25, 0.3) is 0 Å². The van der Waals surface area contributed by atoms with Crippen LogP contribution in [0.15, 0.2) is 46.9 Å². The van der Waals surface area contributed by atoms with Gasteiger partial charge in [-0.1, -0.05) is 12.1 Å². The molecule has 0 fully saturated rings. The van der Waals surface area contributed by atoms with Gasteiger partial charge in [-0.2, -0.15) is 0 Å². The van der Waals surface area contributed by atoms with E-state index in [1.807, 2.05) is 6.92 Å². The molecule has 2 aromatic rings. The van der Waals surface area contributed by atoms with Gasteiger partial charge in [-0.3, -0.25) is 4.79 Å². The Bertz CT molecular complexity index is 611. The second-order valence-corrected chi connectivity index (χ2v) is 4.77. The van der Waals surface area contributed by atoms with E-state index in [1.165, 1.54) is 18.2 Å². The Morgan fingerprint density at radius 2 is 1.95 bits per heavy atom. The highest BCUT2D eigenvalue weighted by atomic mass is 79.9. The number of hydrogen-bond donors (Lipinski definition) is 0. The zero-order valence-corrected chi connectivity index (χ0v) is 11.9. The molecule has 0 aliphatic heterocycles. The van der Waals surface area contributed by atoms with Crippen LogP contribution in [-0.4, -0.2) is 12.4 Å². The van der Waals surface area contributed by atoms with E-state index in [4.69, 9.17) is 4.74 Å². The van der Waals surface area contributed by atoms with Gasteiger partial charge in [-0.05, 0) is 53.2 Å². The Kier molecular flexibility index (Phi) is 4.32. The molecule has 98 valence electrons. The van der Waals surface area contributed by atoms with Gasteiger partial charge in [-0.25, -0.2) is 4.39 Å². The summed E-state index contributed by atoms with van der Waals surface area (Å²) < 4.78 is 19.2. The van der Waals surface area contributed by atoms with Crippen molar-refractivity contribution < 1.29 is 13.9 Å². The fourth-order valence-corrected chi connectivity index (χ4v) is 2.20. The molecule has 0 spiro atoms. The number of ether oxygens (including phenoxy) is 1. The van der Waals surface area contributed by atoms with Crippen LogP contribution in [0.5, 0.6) is 5.75 Å².